The topological polar surface area (TPSA) is 93.0 Å². The second-order valence-corrected chi connectivity index (χ2v) is 8.47. The Labute approximate surface area is 198 Å². The number of aromatic amines is 1. The maximum Gasteiger partial charge on any atom is 0.280 e. The van der Waals surface area contributed by atoms with Gasteiger partial charge in [0.2, 0.25) is 0 Å². The first kappa shape index (κ1) is 21.8. The second-order valence-electron chi connectivity index (χ2n) is 7.55. The van der Waals surface area contributed by atoms with Crippen molar-refractivity contribution in [3.63, 3.8) is 0 Å². The van der Waals surface area contributed by atoms with Crippen molar-refractivity contribution in [3.8, 4) is 28.5 Å². The molecule has 0 bridgehead atoms. The van der Waals surface area contributed by atoms with Gasteiger partial charge in [-0.3, -0.25) is 4.79 Å². The van der Waals surface area contributed by atoms with Crippen LogP contribution >= 0.6 is 11.3 Å². The number of nitrogens with zero attached hydrogens (tertiary/aromatic N) is 2. The minimum absolute atomic E-state index is 0.187. The highest BCUT2D eigenvalue weighted by atomic mass is 32.1. The van der Waals surface area contributed by atoms with Crippen LogP contribution in [-0.2, 0) is 6.42 Å². The Hall–Kier alpha value is -3.98. The SMILES string of the molecule is CCOc1c(-c2nccc(NCCc3cc(F)c4sccc4c3)n2)cccc1-c1cc(=O)[nH]o1. The summed E-state index contributed by atoms with van der Waals surface area (Å²) in [6.45, 7) is 2.88. The number of hydrogen-bond acceptors (Lipinski definition) is 7. The first-order chi connectivity index (χ1) is 16.6. The lowest BCUT2D eigenvalue weighted by molar-refractivity contribution is 0.340. The normalized spacial score (nSPS) is 11.1. The minimum atomic E-state index is -0.330. The monoisotopic (exact) mass is 476 g/mol. The molecule has 9 heteroatoms. The van der Waals surface area contributed by atoms with E-state index in [1.807, 2.05) is 42.6 Å². The van der Waals surface area contributed by atoms with Gasteiger partial charge in [0.1, 0.15) is 17.4 Å². The van der Waals surface area contributed by atoms with E-state index in [9.17, 15) is 9.18 Å². The van der Waals surface area contributed by atoms with E-state index in [2.05, 4.69) is 20.4 Å². The largest absolute Gasteiger partial charge is 0.492 e. The summed E-state index contributed by atoms with van der Waals surface area (Å²) in [6.07, 6.45) is 2.31. The lowest BCUT2D eigenvalue weighted by atomic mass is 10.1. The fraction of sp³-hybridized carbons (Fsp3) is 0.160. The van der Waals surface area contributed by atoms with Crippen LogP contribution in [0.25, 0.3) is 32.8 Å². The number of rotatable bonds is 8. The van der Waals surface area contributed by atoms with Crippen LogP contribution in [0.4, 0.5) is 10.2 Å². The highest BCUT2D eigenvalue weighted by molar-refractivity contribution is 7.17. The number of nitrogens with one attached hydrogen (secondary N) is 2. The molecule has 0 unspecified atom stereocenters. The predicted molar refractivity (Wildman–Crippen MR) is 131 cm³/mol. The van der Waals surface area contributed by atoms with Gasteiger partial charge in [0.25, 0.3) is 5.56 Å². The summed E-state index contributed by atoms with van der Waals surface area (Å²) in [4.78, 5) is 20.6. The summed E-state index contributed by atoms with van der Waals surface area (Å²) in [5.41, 5.74) is 1.90. The van der Waals surface area contributed by atoms with E-state index in [1.54, 1.807) is 18.3 Å². The number of benzene rings is 2. The first-order valence-corrected chi connectivity index (χ1v) is 11.7. The highest BCUT2D eigenvalue weighted by Gasteiger charge is 2.18. The first-order valence-electron chi connectivity index (χ1n) is 10.8. The number of para-hydroxylation sites is 1. The Bertz CT molecular complexity index is 1510. The van der Waals surface area contributed by atoms with E-state index in [0.717, 1.165) is 10.9 Å². The Morgan fingerprint density at radius 2 is 2.06 bits per heavy atom. The molecular weight excluding hydrogens is 455 g/mol. The number of anilines is 1. The standard InChI is InChI=1S/C25H21FN4O3S/c1-2-32-23-17(20-14-22(31)30-33-20)4-3-5-18(23)25-28-10-7-21(29-25)27-9-6-15-12-16-8-11-34-24(16)19(26)13-15/h3-5,7-8,10-14H,2,6,9H2,1H3,(H,30,31)(H,27,28,29). The van der Waals surface area contributed by atoms with Crippen LogP contribution in [0.1, 0.15) is 12.5 Å². The molecule has 0 fully saturated rings. The molecule has 0 saturated carbocycles. The lowest BCUT2D eigenvalue weighted by Gasteiger charge is -2.13. The number of halogens is 1. The molecule has 0 spiro atoms. The van der Waals surface area contributed by atoms with E-state index in [0.29, 0.717) is 58.6 Å². The van der Waals surface area contributed by atoms with Gasteiger partial charge in [-0.1, -0.05) is 12.1 Å². The van der Waals surface area contributed by atoms with Gasteiger partial charge in [-0.15, -0.1) is 11.3 Å². The molecule has 2 N–H and O–H groups in total. The maximum atomic E-state index is 14.3. The molecule has 5 aromatic rings. The van der Waals surface area contributed by atoms with Gasteiger partial charge in [-0.2, -0.15) is 5.16 Å². The number of thiophene rings is 1. The van der Waals surface area contributed by atoms with Crippen LogP contribution in [-0.4, -0.2) is 28.3 Å². The van der Waals surface area contributed by atoms with Gasteiger partial charge < -0.3 is 14.6 Å². The van der Waals surface area contributed by atoms with Crippen LogP contribution in [0, 0.1) is 5.82 Å². The average molecular weight is 477 g/mol. The number of H-pyrrole nitrogens is 1. The van der Waals surface area contributed by atoms with E-state index in [-0.39, 0.29) is 11.4 Å². The molecule has 0 aliphatic rings. The predicted octanol–water partition coefficient (Wildman–Crippen LogP) is 5.50. The molecule has 5 rings (SSSR count). The van der Waals surface area contributed by atoms with Gasteiger partial charge in [-0.25, -0.2) is 14.4 Å². The van der Waals surface area contributed by atoms with Crippen molar-refractivity contribution in [2.75, 3.05) is 18.5 Å². The third-order valence-corrected chi connectivity index (χ3v) is 6.21. The molecule has 2 aromatic carbocycles. The number of hydrogen-bond donors (Lipinski definition) is 2. The number of aromatic nitrogens is 3. The molecule has 0 aliphatic heterocycles. The fourth-order valence-electron chi connectivity index (χ4n) is 3.79. The zero-order valence-corrected chi connectivity index (χ0v) is 19.1. The summed E-state index contributed by atoms with van der Waals surface area (Å²) in [5.74, 6) is 1.83. The third-order valence-electron chi connectivity index (χ3n) is 5.27. The van der Waals surface area contributed by atoms with E-state index < -0.39 is 0 Å². The molecule has 3 heterocycles. The zero-order chi connectivity index (χ0) is 23.5. The van der Waals surface area contributed by atoms with Crippen molar-refractivity contribution in [2.24, 2.45) is 0 Å². The third kappa shape index (κ3) is 4.42. The van der Waals surface area contributed by atoms with Gasteiger partial charge >= 0.3 is 0 Å². The Morgan fingerprint density at radius 3 is 2.88 bits per heavy atom. The van der Waals surface area contributed by atoms with E-state index in [1.165, 1.54) is 17.4 Å². The van der Waals surface area contributed by atoms with E-state index in [4.69, 9.17) is 9.26 Å². The second kappa shape index (κ2) is 9.48. The Morgan fingerprint density at radius 1 is 1.18 bits per heavy atom. The Kier molecular flexibility index (Phi) is 6.09. The van der Waals surface area contributed by atoms with Crippen LogP contribution in [0.2, 0.25) is 0 Å². The van der Waals surface area contributed by atoms with Crippen molar-refractivity contribution >= 4 is 27.2 Å². The van der Waals surface area contributed by atoms with Crippen LogP contribution in [0.5, 0.6) is 5.75 Å². The molecule has 172 valence electrons. The number of ether oxygens (including phenoxy) is 1. The quantitative estimate of drug-likeness (QED) is 0.307. The fourth-order valence-corrected chi connectivity index (χ4v) is 4.57. The molecule has 0 atom stereocenters. The maximum absolute atomic E-state index is 14.3. The van der Waals surface area contributed by atoms with Gasteiger partial charge in [0.15, 0.2) is 11.6 Å². The summed E-state index contributed by atoms with van der Waals surface area (Å²) < 4.78 is 26.1. The molecule has 7 nitrogen and oxygen atoms in total. The molecule has 0 saturated heterocycles. The zero-order valence-electron chi connectivity index (χ0n) is 18.3. The molecule has 34 heavy (non-hydrogen) atoms. The molecule has 0 amide bonds. The molecule has 0 aliphatic carbocycles. The van der Waals surface area contributed by atoms with Crippen molar-refractivity contribution in [2.45, 2.75) is 13.3 Å². The summed E-state index contributed by atoms with van der Waals surface area (Å²) in [7, 11) is 0. The van der Waals surface area contributed by atoms with Crippen LogP contribution < -0.4 is 15.6 Å². The van der Waals surface area contributed by atoms with Crippen molar-refractivity contribution in [3.05, 3.63) is 81.8 Å². The smallest absolute Gasteiger partial charge is 0.280 e. The minimum Gasteiger partial charge on any atom is -0.492 e. The summed E-state index contributed by atoms with van der Waals surface area (Å²) in [6, 6.07) is 14.2. The van der Waals surface area contributed by atoms with Gasteiger partial charge in [-0.05, 0) is 60.0 Å². The van der Waals surface area contributed by atoms with Gasteiger partial charge in [0.05, 0.1) is 28.5 Å². The Balaban J connectivity index is 1.37. The van der Waals surface area contributed by atoms with E-state index >= 15 is 0 Å². The number of fused-ring (bicyclic) bond motifs is 1. The average Bonchev–Trinajstić information content (AvgIpc) is 3.49. The summed E-state index contributed by atoms with van der Waals surface area (Å²) in [5, 5.41) is 8.41. The van der Waals surface area contributed by atoms with Crippen molar-refractivity contribution in [1.82, 2.24) is 15.1 Å². The molecular formula is C25H21FN4O3S. The van der Waals surface area contributed by atoms with Gasteiger partial charge in [0, 0.05) is 12.7 Å². The van der Waals surface area contributed by atoms with Crippen LogP contribution in [0.15, 0.2) is 69.4 Å². The lowest BCUT2D eigenvalue weighted by Crippen LogP contribution is -2.07. The summed E-state index contributed by atoms with van der Waals surface area (Å²) >= 11 is 1.41. The highest BCUT2D eigenvalue weighted by Crippen LogP contribution is 2.37. The molecule has 0 radical (unpaired) electrons. The van der Waals surface area contributed by atoms with Crippen LogP contribution in [0.3, 0.4) is 0 Å². The van der Waals surface area contributed by atoms with Crippen molar-refractivity contribution in [1.29, 1.82) is 0 Å². The van der Waals surface area contributed by atoms with Crippen molar-refractivity contribution < 1.29 is 13.7 Å². The molecule has 3 aromatic heterocycles.